The molecule has 0 amide bonds. The summed E-state index contributed by atoms with van der Waals surface area (Å²) in [6.07, 6.45) is 0. The zero-order valence-electron chi connectivity index (χ0n) is 7.47. The van der Waals surface area contributed by atoms with Crippen molar-refractivity contribution in [1.29, 1.82) is 0 Å². The monoisotopic (exact) mass is 219 g/mol. The van der Waals surface area contributed by atoms with E-state index in [1.807, 2.05) is 0 Å². The molecule has 0 saturated heterocycles. The number of nitro groups is 1. The van der Waals surface area contributed by atoms with Crippen LogP contribution in [-0.2, 0) is 15.6 Å². The molecule has 78 valence electrons. The first kappa shape index (κ1) is 10.7. The second-order valence-corrected chi connectivity index (χ2v) is 5.03. The Bertz CT molecular complexity index is 433. The molecule has 0 bridgehead atoms. The first-order valence-electron chi connectivity index (χ1n) is 3.88. The molecule has 1 aromatic rings. The molecule has 0 aliphatic carbocycles. The summed E-state index contributed by atoms with van der Waals surface area (Å²) in [7, 11) is -3.20. The maximum absolute atomic E-state index is 11.1. The molecule has 0 unspecified atom stereocenters. The topological polar surface area (TPSA) is 90.4 Å². The van der Waals surface area contributed by atoms with Crippen molar-refractivity contribution < 1.29 is 17.8 Å². The van der Waals surface area contributed by atoms with Crippen molar-refractivity contribution in [2.75, 3.05) is 5.75 Å². The molecule has 7 heteroatoms. The number of sulfone groups is 1. The zero-order valence-corrected chi connectivity index (χ0v) is 8.28. The molecular weight excluding hydrogens is 210 g/mol. The molecule has 1 rings (SSSR count). The van der Waals surface area contributed by atoms with Gasteiger partial charge in [-0.3, -0.25) is 10.1 Å². The van der Waals surface area contributed by atoms with Crippen LogP contribution in [0.2, 0.25) is 0 Å². The minimum absolute atomic E-state index is 0.0124. The molecule has 0 N–H and O–H groups in total. The minimum atomic E-state index is -3.20. The van der Waals surface area contributed by atoms with E-state index in [2.05, 4.69) is 0 Å². The van der Waals surface area contributed by atoms with Gasteiger partial charge in [0.2, 0.25) is 0 Å². The lowest BCUT2D eigenvalue weighted by Crippen LogP contribution is -2.05. The van der Waals surface area contributed by atoms with E-state index in [1.165, 1.54) is 13.0 Å². The quantitative estimate of drug-likeness (QED) is 0.559. The molecular formula is C7H9NO5S. The van der Waals surface area contributed by atoms with Crippen LogP contribution in [-0.4, -0.2) is 19.1 Å². The standard InChI is InChI=1S/C7H9NO5S/c1-2-14(11,12)5-6-3-4-7(13-6)8(9)10/h3-4H,2,5H2,1H3. The van der Waals surface area contributed by atoms with Crippen molar-refractivity contribution in [2.45, 2.75) is 12.7 Å². The largest absolute Gasteiger partial charge is 0.433 e. The lowest BCUT2D eigenvalue weighted by Gasteiger charge is -1.95. The fourth-order valence-electron chi connectivity index (χ4n) is 0.861. The van der Waals surface area contributed by atoms with Gasteiger partial charge >= 0.3 is 5.88 Å². The molecule has 0 spiro atoms. The first-order valence-corrected chi connectivity index (χ1v) is 5.70. The Hall–Kier alpha value is -1.37. The summed E-state index contributed by atoms with van der Waals surface area (Å²) < 4.78 is 26.9. The van der Waals surface area contributed by atoms with E-state index in [0.29, 0.717) is 0 Å². The number of furan rings is 1. The molecule has 6 nitrogen and oxygen atoms in total. The third kappa shape index (κ3) is 2.56. The van der Waals surface area contributed by atoms with Crippen LogP contribution in [0.1, 0.15) is 12.7 Å². The van der Waals surface area contributed by atoms with Gasteiger partial charge in [0, 0.05) is 5.75 Å². The van der Waals surface area contributed by atoms with Crippen LogP contribution >= 0.6 is 0 Å². The Balaban J connectivity index is 2.84. The lowest BCUT2D eigenvalue weighted by molar-refractivity contribution is -0.402. The third-order valence-corrected chi connectivity index (χ3v) is 3.23. The average Bonchev–Trinajstić information content (AvgIpc) is 2.52. The Morgan fingerprint density at radius 3 is 2.57 bits per heavy atom. The minimum Gasteiger partial charge on any atom is -0.405 e. The SMILES string of the molecule is CCS(=O)(=O)Cc1ccc([N+](=O)[O-])o1. The van der Waals surface area contributed by atoms with Gasteiger partial charge in [0.1, 0.15) is 16.4 Å². The van der Waals surface area contributed by atoms with E-state index in [1.54, 1.807) is 0 Å². The molecule has 0 aromatic carbocycles. The molecule has 0 atom stereocenters. The van der Waals surface area contributed by atoms with Crippen LogP contribution in [0.3, 0.4) is 0 Å². The molecule has 0 fully saturated rings. The van der Waals surface area contributed by atoms with Gasteiger partial charge < -0.3 is 4.42 Å². The van der Waals surface area contributed by atoms with Gasteiger partial charge in [0.25, 0.3) is 0 Å². The highest BCUT2D eigenvalue weighted by molar-refractivity contribution is 7.90. The first-order chi connectivity index (χ1) is 6.44. The summed E-state index contributed by atoms with van der Waals surface area (Å²) >= 11 is 0. The van der Waals surface area contributed by atoms with E-state index < -0.39 is 20.6 Å². The number of rotatable bonds is 4. The van der Waals surface area contributed by atoms with Crippen molar-refractivity contribution in [3.63, 3.8) is 0 Å². The van der Waals surface area contributed by atoms with Crippen molar-refractivity contribution in [3.8, 4) is 0 Å². The predicted octanol–water partition coefficient (Wildman–Crippen LogP) is 1.12. The second kappa shape index (κ2) is 3.79. The summed E-state index contributed by atoms with van der Waals surface area (Å²) in [6.45, 7) is 1.51. The Morgan fingerprint density at radius 1 is 1.50 bits per heavy atom. The Labute approximate surface area is 80.6 Å². The highest BCUT2D eigenvalue weighted by Gasteiger charge is 2.16. The molecule has 0 aliphatic rings. The van der Waals surface area contributed by atoms with E-state index in [4.69, 9.17) is 4.42 Å². The summed E-state index contributed by atoms with van der Waals surface area (Å²) in [5, 5.41) is 10.2. The summed E-state index contributed by atoms with van der Waals surface area (Å²) in [5.41, 5.74) is 0. The highest BCUT2D eigenvalue weighted by atomic mass is 32.2. The maximum Gasteiger partial charge on any atom is 0.433 e. The van der Waals surface area contributed by atoms with E-state index in [-0.39, 0.29) is 17.3 Å². The van der Waals surface area contributed by atoms with E-state index in [9.17, 15) is 18.5 Å². The lowest BCUT2D eigenvalue weighted by atomic mass is 10.5. The summed E-state index contributed by atoms with van der Waals surface area (Å²) in [6, 6.07) is 2.44. The van der Waals surface area contributed by atoms with Gasteiger partial charge in [0.15, 0.2) is 9.84 Å². The fourth-order valence-corrected chi connectivity index (χ4v) is 1.65. The van der Waals surface area contributed by atoms with Gasteiger partial charge in [-0.25, -0.2) is 8.42 Å². The average molecular weight is 219 g/mol. The Morgan fingerprint density at radius 2 is 2.14 bits per heavy atom. The molecule has 0 saturated carbocycles. The van der Waals surface area contributed by atoms with Crippen molar-refractivity contribution in [3.05, 3.63) is 28.0 Å². The molecule has 0 aliphatic heterocycles. The normalized spacial score (nSPS) is 11.5. The van der Waals surface area contributed by atoms with Gasteiger partial charge in [-0.2, -0.15) is 0 Å². The zero-order chi connectivity index (χ0) is 10.8. The maximum atomic E-state index is 11.1. The van der Waals surface area contributed by atoms with Crippen molar-refractivity contribution in [2.24, 2.45) is 0 Å². The van der Waals surface area contributed by atoms with Crippen LogP contribution < -0.4 is 0 Å². The van der Waals surface area contributed by atoms with Gasteiger partial charge in [-0.05, 0) is 6.07 Å². The number of hydrogen-bond acceptors (Lipinski definition) is 5. The van der Waals surface area contributed by atoms with Crippen LogP contribution in [0.4, 0.5) is 5.88 Å². The summed E-state index contributed by atoms with van der Waals surface area (Å²) in [5.74, 6) is -0.649. The smallest absolute Gasteiger partial charge is 0.405 e. The van der Waals surface area contributed by atoms with E-state index in [0.717, 1.165) is 6.07 Å². The molecule has 1 aromatic heterocycles. The molecule has 1 heterocycles. The van der Waals surface area contributed by atoms with E-state index >= 15 is 0 Å². The van der Waals surface area contributed by atoms with Gasteiger partial charge in [-0.15, -0.1) is 0 Å². The van der Waals surface area contributed by atoms with Crippen molar-refractivity contribution >= 4 is 15.7 Å². The van der Waals surface area contributed by atoms with Crippen LogP contribution in [0.5, 0.6) is 0 Å². The Kier molecular flexibility index (Phi) is 2.90. The van der Waals surface area contributed by atoms with Gasteiger partial charge in [0.05, 0.1) is 6.07 Å². The van der Waals surface area contributed by atoms with Crippen molar-refractivity contribution in [1.82, 2.24) is 0 Å². The van der Waals surface area contributed by atoms with Crippen LogP contribution in [0.15, 0.2) is 16.5 Å². The molecule has 14 heavy (non-hydrogen) atoms. The number of hydrogen-bond donors (Lipinski definition) is 0. The highest BCUT2D eigenvalue weighted by Crippen LogP contribution is 2.17. The fraction of sp³-hybridized carbons (Fsp3) is 0.429. The predicted molar refractivity (Wildman–Crippen MR) is 48.5 cm³/mol. The molecule has 0 radical (unpaired) electrons. The third-order valence-electron chi connectivity index (χ3n) is 1.63. The van der Waals surface area contributed by atoms with Gasteiger partial charge in [-0.1, -0.05) is 6.92 Å². The number of nitrogens with zero attached hydrogens (tertiary/aromatic N) is 1. The van der Waals surface area contributed by atoms with Crippen LogP contribution in [0.25, 0.3) is 0 Å². The second-order valence-electron chi connectivity index (χ2n) is 2.67. The van der Waals surface area contributed by atoms with Crippen LogP contribution in [0, 0.1) is 10.1 Å². The summed E-state index contributed by atoms with van der Waals surface area (Å²) in [4.78, 5) is 9.51.